The Bertz CT molecular complexity index is 1400. The first-order chi connectivity index (χ1) is 16.4. The number of pyridine rings is 1. The van der Waals surface area contributed by atoms with E-state index in [2.05, 4.69) is 10.9 Å². The van der Waals surface area contributed by atoms with Gasteiger partial charge in [0.15, 0.2) is 16.9 Å². The van der Waals surface area contributed by atoms with Crippen molar-refractivity contribution in [3.05, 3.63) is 86.6 Å². The van der Waals surface area contributed by atoms with Crippen LogP contribution in [0.2, 0.25) is 0 Å². The van der Waals surface area contributed by atoms with E-state index in [9.17, 15) is 19.7 Å². The Labute approximate surface area is 193 Å². The number of methoxy groups -OCH3 is 2. The molecule has 0 saturated heterocycles. The molecule has 0 radical (unpaired) electrons. The van der Waals surface area contributed by atoms with Crippen molar-refractivity contribution in [3.8, 4) is 11.5 Å². The third kappa shape index (κ3) is 4.26. The van der Waals surface area contributed by atoms with Crippen molar-refractivity contribution in [2.24, 2.45) is 0 Å². The zero-order valence-electron chi connectivity index (χ0n) is 18.5. The van der Waals surface area contributed by atoms with Crippen LogP contribution in [-0.2, 0) is 17.9 Å². The van der Waals surface area contributed by atoms with Gasteiger partial charge in [-0.3, -0.25) is 25.1 Å². The van der Waals surface area contributed by atoms with Gasteiger partial charge in [0.1, 0.15) is 6.54 Å². The number of ether oxygens (including phenoxy) is 2. The number of carbonyl (C=O) groups is 1. The fourth-order valence-corrected chi connectivity index (χ4v) is 3.89. The lowest BCUT2D eigenvalue weighted by atomic mass is 10.1. The Morgan fingerprint density at radius 3 is 2.09 bits per heavy atom. The van der Waals surface area contributed by atoms with Crippen molar-refractivity contribution in [2.45, 2.75) is 13.1 Å². The van der Waals surface area contributed by atoms with Gasteiger partial charge in [-0.05, 0) is 30.3 Å². The van der Waals surface area contributed by atoms with Gasteiger partial charge in [-0.15, -0.1) is 0 Å². The normalized spacial score (nSPS) is 10.9. The molecule has 0 aliphatic heterocycles. The maximum Gasteiger partial charge on any atom is 0.277 e. The summed E-state index contributed by atoms with van der Waals surface area (Å²) < 4.78 is 12.1. The molecule has 4 rings (SSSR count). The molecule has 0 fully saturated rings. The van der Waals surface area contributed by atoms with Crippen molar-refractivity contribution in [1.29, 1.82) is 0 Å². The Kier molecular flexibility index (Phi) is 6.42. The Morgan fingerprint density at radius 2 is 1.53 bits per heavy atom. The minimum absolute atomic E-state index is 0.0198. The SMILES string of the molecule is COc1cc(CNNC(=O)Cn2c3ccccc3c(=O)c3ccccc32)c([N+](=O)[O-])cc1OC. The van der Waals surface area contributed by atoms with Gasteiger partial charge < -0.3 is 14.0 Å². The number of benzene rings is 3. The Hall–Kier alpha value is -4.44. The molecular formula is C24H22N4O6. The number of hydrazine groups is 1. The lowest BCUT2D eigenvalue weighted by Crippen LogP contribution is -2.39. The van der Waals surface area contributed by atoms with Crippen LogP contribution in [-0.4, -0.2) is 29.6 Å². The molecule has 0 aliphatic rings. The highest BCUT2D eigenvalue weighted by atomic mass is 16.6. The maximum atomic E-state index is 12.8. The fraction of sp³-hybridized carbons (Fsp3) is 0.167. The monoisotopic (exact) mass is 462 g/mol. The summed E-state index contributed by atoms with van der Waals surface area (Å²) in [6, 6.07) is 17.0. The molecule has 0 unspecified atom stereocenters. The number of para-hydroxylation sites is 2. The van der Waals surface area contributed by atoms with Crippen molar-refractivity contribution in [3.63, 3.8) is 0 Å². The number of carbonyl (C=O) groups excluding carboxylic acids is 1. The molecule has 0 aliphatic carbocycles. The summed E-state index contributed by atoms with van der Waals surface area (Å²) in [6.07, 6.45) is 0. The number of hydrogen-bond donors (Lipinski definition) is 2. The predicted molar refractivity (Wildman–Crippen MR) is 127 cm³/mol. The summed E-state index contributed by atoms with van der Waals surface area (Å²) in [5.74, 6) is 0.184. The van der Waals surface area contributed by atoms with E-state index < -0.39 is 4.92 Å². The molecule has 0 atom stereocenters. The Balaban J connectivity index is 1.56. The van der Waals surface area contributed by atoms with Gasteiger partial charge in [0.2, 0.25) is 0 Å². The zero-order chi connectivity index (χ0) is 24.2. The number of fused-ring (bicyclic) bond motifs is 2. The van der Waals surface area contributed by atoms with Gasteiger partial charge in [0.25, 0.3) is 11.6 Å². The van der Waals surface area contributed by atoms with E-state index in [-0.39, 0.29) is 35.9 Å². The zero-order valence-corrected chi connectivity index (χ0v) is 18.5. The van der Waals surface area contributed by atoms with Crippen molar-refractivity contribution < 1.29 is 19.2 Å². The van der Waals surface area contributed by atoms with Gasteiger partial charge in [-0.1, -0.05) is 24.3 Å². The summed E-state index contributed by atoms with van der Waals surface area (Å²) in [5, 5.41) is 12.5. The number of nitro groups is 1. The van der Waals surface area contributed by atoms with Crippen molar-refractivity contribution in [1.82, 2.24) is 15.4 Å². The van der Waals surface area contributed by atoms with E-state index in [1.54, 1.807) is 53.1 Å². The molecule has 4 aromatic rings. The second kappa shape index (κ2) is 9.59. The standard InChI is InChI=1S/C24H22N4O6/c1-33-21-11-15(20(28(31)32)12-22(21)34-2)13-25-26-23(29)14-27-18-9-5-3-7-16(18)24(30)17-8-4-6-10-19(17)27/h3-12,25H,13-14H2,1-2H3,(H,26,29). The minimum Gasteiger partial charge on any atom is -0.493 e. The third-order valence-corrected chi connectivity index (χ3v) is 5.47. The smallest absolute Gasteiger partial charge is 0.277 e. The first kappa shape index (κ1) is 22.7. The quantitative estimate of drug-likeness (QED) is 0.234. The average Bonchev–Trinajstić information content (AvgIpc) is 2.86. The second-order valence-electron chi connectivity index (χ2n) is 7.44. The van der Waals surface area contributed by atoms with Gasteiger partial charge in [-0.2, -0.15) is 0 Å². The number of amides is 1. The predicted octanol–water partition coefficient (Wildman–Crippen LogP) is 2.90. The molecule has 10 nitrogen and oxygen atoms in total. The highest BCUT2D eigenvalue weighted by Gasteiger charge is 2.19. The first-order valence-corrected chi connectivity index (χ1v) is 10.4. The van der Waals surface area contributed by atoms with Gasteiger partial charge >= 0.3 is 0 Å². The van der Waals surface area contributed by atoms with Crippen molar-refractivity contribution >= 4 is 33.4 Å². The highest BCUT2D eigenvalue weighted by Crippen LogP contribution is 2.34. The second-order valence-corrected chi connectivity index (χ2v) is 7.44. The van der Waals surface area contributed by atoms with E-state index in [4.69, 9.17) is 9.47 Å². The summed E-state index contributed by atoms with van der Waals surface area (Å²) in [4.78, 5) is 36.5. The van der Waals surface area contributed by atoms with E-state index in [0.29, 0.717) is 33.1 Å². The van der Waals surface area contributed by atoms with Crippen molar-refractivity contribution in [2.75, 3.05) is 14.2 Å². The minimum atomic E-state index is -0.528. The summed E-state index contributed by atoms with van der Waals surface area (Å²) in [5.41, 5.74) is 6.63. The van der Waals surface area contributed by atoms with E-state index in [1.807, 2.05) is 0 Å². The fourth-order valence-electron chi connectivity index (χ4n) is 3.89. The number of nitrogens with zero attached hydrogens (tertiary/aromatic N) is 2. The topological polar surface area (TPSA) is 125 Å². The highest BCUT2D eigenvalue weighted by molar-refractivity contribution is 5.94. The van der Waals surface area contributed by atoms with Crippen LogP contribution in [0, 0.1) is 10.1 Å². The molecule has 1 amide bonds. The molecule has 174 valence electrons. The number of nitrogens with one attached hydrogen (secondary N) is 2. The van der Waals surface area contributed by atoms with Crippen LogP contribution >= 0.6 is 0 Å². The molecule has 3 aromatic carbocycles. The van der Waals surface area contributed by atoms with Crippen LogP contribution in [0.4, 0.5) is 5.69 Å². The van der Waals surface area contributed by atoms with Crippen LogP contribution in [0.15, 0.2) is 65.5 Å². The maximum absolute atomic E-state index is 12.8. The molecule has 1 heterocycles. The summed E-state index contributed by atoms with van der Waals surface area (Å²) in [7, 11) is 2.83. The van der Waals surface area contributed by atoms with Crippen LogP contribution in [0.25, 0.3) is 21.8 Å². The summed E-state index contributed by atoms with van der Waals surface area (Å²) >= 11 is 0. The van der Waals surface area contributed by atoms with E-state index in [0.717, 1.165) is 0 Å². The largest absolute Gasteiger partial charge is 0.493 e. The third-order valence-electron chi connectivity index (χ3n) is 5.47. The Morgan fingerprint density at radius 1 is 0.971 bits per heavy atom. The van der Waals surface area contributed by atoms with E-state index in [1.165, 1.54) is 26.4 Å². The van der Waals surface area contributed by atoms with Crippen LogP contribution in [0.3, 0.4) is 0 Å². The first-order valence-electron chi connectivity index (χ1n) is 10.4. The number of hydrogen-bond acceptors (Lipinski definition) is 7. The lowest BCUT2D eigenvalue weighted by molar-refractivity contribution is -0.385. The number of nitro benzene ring substituents is 1. The molecule has 2 N–H and O–H groups in total. The van der Waals surface area contributed by atoms with Gasteiger partial charge in [-0.25, -0.2) is 5.43 Å². The van der Waals surface area contributed by atoms with E-state index >= 15 is 0 Å². The molecular weight excluding hydrogens is 440 g/mol. The molecule has 0 bridgehead atoms. The molecule has 1 aromatic heterocycles. The van der Waals surface area contributed by atoms with Crippen LogP contribution < -0.4 is 25.8 Å². The van der Waals surface area contributed by atoms with Crippen LogP contribution in [0.5, 0.6) is 11.5 Å². The molecule has 0 saturated carbocycles. The van der Waals surface area contributed by atoms with Gasteiger partial charge in [0, 0.05) is 22.9 Å². The lowest BCUT2D eigenvalue weighted by Gasteiger charge is -2.15. The molecule has 0 spiro atoms. The average molecular weight is 462 g/mol. The van der Waals surface area contributed by atoms with Crippen LogP contribution in [0.1, 0.15) is 5.56 Å². The molecule has 34 heavy (non-hydrogen) atoms. The van der Waals surface area contributed by atoms with Gasteiger partial charge in [0.05, 0.1) is 36.2 Å². The number of rotatable bonds is 8. The number of aromatic nitrogens is 1. The summed E-state index contributed by atoms with van der Waals surface area (Å²) in [6.45, 7) is -0.0869. The molecule has 10 heteroatoms.